The van der Waals surface area contributed by atoms with E-state index in [1.54, 1.807) is 0 Å². The van der Waals surface area contributed by atoms with E-state index < -0.39 is 0 Å². The van der Waals surface area contributed by atoms with Crippen molar-refractivity contribution in [3.63, 3.8) is 0 Å². The number of nitrogens with one attached hydrogen (secondary N) is 1. The van der Waals surface area contributed by atoms with Gasteiger partial charge in [-0.3, -0.25) is 0 Å². The van der Waals surface area contributed by atoms with Gasteiger partial charge in [-0.25, -0.2) is 0 Å². The molecule has 1 N–H and O–H groups in total. The van der Waals surface area contributed by atoms with Gasteiger partial charge in [0.05, 0.1) is 0 Å². The van der Waals surface area contributed by atoms with E-state index in [2.05, 4.69) is 11.4 Å². The third-order valence-corrected chi connectivity index (χ3v) is 2.13. The maximum Gasteiger partial charge on any atom is 0.114 e. The lowest BCUT2D eigenvalue weighted by atomic mass is 9.86. The Bertz CT molecular complexity index is 270. The molecule has 0 aromatic heterocycles. The molecule has 2 rings (SSSR count). The molecule has 0 saturated heterocycles. The summed E-state index contributed by atoms with van der Waals surface area (Å²) in [6.45, 7) is 1.08. The Balaban J connectivity index is 2.49. The second-order valence-electron chi connectivity index (χ2n) is 2.90. The number of hydrogen-bond donors (Lipinski definition) is 1. The van der Waals surface area contributed by atoms with Crippen molar-refractivity contribution >= 4 is 19.0 Å². The Kier molecular flexibility index (Phi) is 1.61. The van der Waals surface area contributed by atoms with E-state index >= 15 is 0 Å². The first kappa shape index (κ1) is 6.77. The Morgan fingerprint density at radius 1 is 1.36 bits per heavy atom. The Hall–Kier alpha value is -0.915. The SMILES string of the molecule is [B]c1cccc2c1CCCN2. The average Bonchev–Trinajstić information content (AvgIpc) is 2.06. The van der Waals surface area contributed by atoms with E-state index in [9.17, 15) is 0 Å². The monoisotopic (exact) mass is 143 g/mol. The van der Waals surface area contributed by atoms with Gasteiger partial charge >= 0.3 is 0 Å². The van der Waals surface area contributed by atoms with Crippen molar-refractivity contribution < 1.29 is 0 Å². The van der Waals surface area contributed by atoms with E-state index in [1.165, 1.54) is 17.7 Å². The minimum atomic E-state index is 0.926. The van der Waals surface area contributed by atoms with E-state index in [-0.39, 0.29) is 0 Å². The van der Waals surface area contributed by atoms with Gasteiger partial charge in [-0.1, -0.05) is 17.6 Å². The lowest BCUT2D eigenvalue weighted by molar-refractivity contribution is 0.834. The molecule has 0 amide bonds. The molecule has 1 heterocycles. The van der Waals surface area contributed by atoms with Gasteiger partial charge in [-0.05, 0) is 24.5 Å². The lowest BCUT2D eigenvalue weighted by Gasteiger charge is -2.19. The zero-order valence-electron chi connectivity index (χ0n) is 6.43. The molecule has 2 radical (unpaired) electrons. The molecule has 0 fully saturated rings. The fourth-order valence-electron chi connectivity index (χ4n) is 1.54. The van der Waals surface area contributed by atoms with Gasteiger partial charge in [-0.15, -0.1) is 0 Å². The largest absolute Gasteiger partial charge is 0.385 e. The maximum atomic E-state index is 5.80. The van der Waals surface area contributed by atoms with Crippen LogP contribution in [0.4, 0.5) is 5.69 Å². The van der Waals surface area contributed by atoms with Crippen molar-refractivity contribution in [2.24, 2.45) is 0 Å². The molecule has 0 atom stereocenters. The highest BCUT2D eigenvalue weighted by molar-refractivity contribution is 6.33. The van der Waals surface area contributed by atoms with Crippen LogP contribution in [0.5, 0.6) is 0 Å². The average molecular weight is 143 g/mol. The Morgan fingerprint density at radius 2 is 2.27 bits per heavy atom. The van der Waals surface area contributed by atoms with Crippen LogP contribution in [0.3, 0.4) is 0 Å². The quantitative estimate of drug-likeness (QED) is 0.530. The molecule has 1 aliphatic rings. The Labute approximate surface area is 68.2 Å². The highest BCUT2D eigenvalue weighted by Crippen LogP contribution is 2.18. The normalized spacial score (nSPS) is 15.3. The molecule has 0 bridgehead atoms. The van der Waals surface area contributed by atoms with Crippen LogP contribution in [0, 0.1) is 0 Å². The first-order chi connectivity index (χ1) is 5.38. The molecule has 0 saturated carbocycles. The van der Waals surface area contributed by atoms with Crippen LogP contribution < -0.4 is 10.8 Å². The highest BCUT2D eigenvalue weighted by Gasteiger charge is 2.08. The van der Waals surface area contributed by atoms with Crippen molar-refractivity contribution in [2.45, 2.75) is 12.8 Å². The van der Waals surface area contributed by atoms with Crippen molar-refractivity contribution in [2.75, 3.05) is 11.9 Å². The molecule has 11 heavy (non-hydrogen) atoms. The van der Waals surface area contributed by atoms with Gasteiger partial charge in [0.2, 0.25) is 0 Å². The van der Waals surface area contributed by atoms with E-state index in [0.29, 0.717) is 0 Å². The van der Waals surface area contributed by atoms with Crippen LogP contribution in [0.1, 0.15) is 12.0 Å². The summed E-state index contributed by atoms with van der Waals surface area (Å²) in [7, 11) is 5.80. The van der Waals surface area contributed by atoms with Gasteiger partial charge in [0.1, 0.15) is 7.85 Å². The summed E-state index contributed by atoms with van der Waals surface area (Å²) in [6.07, 6.45) is 2.32. The summed E-state index contributed by atoms with van der Waals surface area (Å²) in [5, 5.41) is 3.32. The van der Waals surface area contributed by atoms with Gasteiger partial charge in [0.25, 0.3) is 0 Å². The smallest absolute Gasteiger partial charge is 0.114 e. The summed E-state index contributed by atoms with van der Waals surface area (Å²) >= 11 is 0. The predicted octanol–water partition coefficient (Wildman–Crippen LogP) is 0.839. The molecule has 0 unspecified atom stereocenters. The van der Waals surface area contributed by atoms with Gasteiger partial charge in [0.15, 0.2) is 0 Å². The van der Waals surface area contributed by atoms with Gasteiger partial charge in [0, 0.05) is 12.2 Å². The summed E-state index contributed by atoms with van der Waals surface area (Å²) in [6, 6.07) is 6.04. The molecule has 2 heteroatoms. The summed E-state index contributed by atoms with van der Waals surface area (Å²) in [4.78, 5) is 0. The predicted molar refractivity (Wildman–Crippen MR) is 48.6 cm³/mol. The summed E-state index contributed by atoms with van der Waals surface area (Å²) < 4.78 is 0. The Morgan fingerprint density at radius 3 is 3.09 bits per heavy atom. The molecule has 1 nitrogen and oxygen atoms in total. The molecular formula is C9H10BN. The topological polar surface area (TPSA) is 12.0 Å². The highest BCUT2D eigenvalue weighted by atomic mass is 14.9. The van der Waals surface area contributed by atoms with Crippen molar-refractivity contribution in [3.05, 3.63) is 23.8 Å². The third kappa shape index (κ3) is 1.13. The number of anilines is 1. The number of hydrogen-bond acceptors (Lipinski definition) is 1. The molecular weight excluding hydrogens is 133 g/mol. The first-order valence-corrected chi connectivity index (χ1v) is 3.99. The van der Waals surface area contributed by atoms with Gasteiger partial charge < -0.3 is 5.32 Å². The molecule has 1 aromatic carbocycles. The van der Waals surface area contributed by atoms with Crippen molar-refractivity contribution in [1.29, 1.82) is 0 Å². The first-order valence-electron chi connectivity index (χ1n) is 3.99. The van der Waals surface area contributed by atoms with Crippen LogP contribution in [0.2, 0.25) is 0 Å². The number of rotatable bonds is 0. The minimum absolute atomic E-state index is 0.926. The standard InChI is InChI=1S/C9H10BN/c10-8-4-1-5-9-7(8)3-2-6-11-9/h1,4-5,11H,2-3,6H2. The van der Waals surface area contributed by atoms with Gasteiger partial charge in [-0.2, -0.15) is 0 Å². The lowest BCUT2D eigenvalue weighted by Crippen LogP contribution is -2.19. The van der Waals surface area contributed by atoms with Crippen LogP contribution in [0.15, 0.2) is 18.2 Å². The van der Waals surface area contributed by atoms with E-state index in [0.717, 1.165) is 18.4 Å². The molecule has 1 aliphatic heterocycles. The molecule has 1 aromatic rings. The number of benzene rings is 1. The van der Waals surface area contributed by atoms with Crippen molar-refractivity contribution in [3.8, 4) is 0 Å². The molecule has 0 aliphatic carbocycles. The molecule has 0 spiro atoms. The second-order valence-corrected chi connectivity index (χ2v) is 2.90. The zero-order valence-corrected chi connectivity index (χ0v) is 6.43. The minimum Gasteiger partial charge on any atom is -0.385 e. The van der Waals surface area contributed by atoms with Crippen LogP contribution in [-0.4, -0.2) is 14.4 Å². The fourth-order valence-corrected chi connectivity index (χ4v) is 1.54. The number of fused-ring (bicyclic) bond motifs is 1. The van der Waals surface area contributed by atoms with Crippen LogP contribution in [0.25, 0.3) is 0 Å². The summed E-state index contributed by atoms with van der Waals surface area (Å²) in [5.74, 6) is 0. The van der Waals surface area contributed by atoms with Crippen LogP contribution >= 0.6 is 0 Å². The van der Waals surface area contributed by atoms with Crippen LogP contribution in [-0.2, 0) is 6.42 Å². The van der Waals surface area contributed by atoms with Crippen molar-refractivity contribution in [1.82, 2.24) is 0 Å². The van der Waals surface area contributed by atoms with E-state index in [1.807, 2.05) is 12.1 Å². The maximum absolute atomic E-state index is 5.80. The zero-order chi connectivity index (χ0) is 7.68. The fraction of sp³-hybridized carbons (Fsp3) is 0.333. The second kappa shape index (κ2) is 2.61. The third-order valence-electron chi connectivity index (χ3n) is 2.13. The summed E-state index contributed by atoms with van der Waals surface area (Å²) in [5.41, 5.74) is 3.43. The van der Waals surface area contributed by atoms with E-state index in [4.69, 9.17) is 7.85 Å². The molecule has 54 valence electrons.